The molecule has 1 heterocycles. The standard InChI is InChI=1S/C21H22BrN3O/c22-16-7-8-20(15(10-16)12-23)26-21-18-6-2-1-4-14(18)11-19(21)25-9-3-5-17(24)13-25/h1-2,4,6-8,10,17,19,21H,3,5,9,11,13,24H2/t17-,19+,21+/m0/s1. The van der Waals surface area contributed by atoms with Crippen LogP contribution in [0.5, 0.6) is 5.75 Å². The first-order chi connectivity index (χ1) is 12.7. The zero-order chi connectivity index (χ0) is 18.1. The van der Waals surface area contributed by atoms with Crippen LogP contribution in [-0.4, -0.2) is 30.1 Å². The van der Waals surface area contributed by atoms with Crippen LogP contribution >= 0.6 is 15.9 Å². The van der Waals surface area contributed by atoms with Gasteiger partial charge in [-0.05, 0) is 55.1 Å². The minimum Gasteiger partial charge on any atom is -0.483 e. The van der Waals surface area contributed by atoms with E-state index in [1.165, 1.54) is 11.1 Å². The molecule has 2 aliphatic rings. The second-order valence-corrected chi connectivity index (χ2v) is 8.07. The highest BCUT2D eigenvalue weighted by Gasteiger charge is 2.39. The van der Waals surface area contributed by atoms with E-state index in [1.54, 1.807) is 0 Å². The van der Waals surface area contributed by atoms with Crippen LogP contribution in [0.4, 0.5) is 0 Å². The molecule has 4 rings (SSSR count). The van der Waals surface area contributed by atoms with Crippen molar-refractivity contribution in [2.24, 2.45) is 5.73 Å². The van der Waals surface area contributed by atoms with Crippen LogP contribution < -0.4 is 10.5 Å². The number of halogens is 1. The van der Waals surface area contributed by atoms with Crippen molar-refractivity contribution in [1.82, 2.24) is 4.90 Å². The topological polar surface area (TPSA) is 62.3 Å². The number of nitrogens with zero attached hydrogens (tertiary/aromatic N) is 2. The Morgan fingerprint density at radius 3 is 2.88 bits per heavy atom. The third-order valence-electron chi connectivity index (χ3n) is 5.41. The van der Waals surface area contributed by atoms with Gasteiger partial charge < -0.3 is 10.5 Å². The fraction of sp³-hybridized carbons (Fsp3) is 0.381. The number of benzene rings is 2. The van der Waals surface area contributed by atoms with Gasteiger partial charge in [0.2, 0.25) is 0 Å². The Labute approximate surface area is 162 Å². The van der Waals surface area contributed by atoms with Gasteiger partial charge in [-0.15, -0.1) is 0 Å². The van der Waals surface area contributed by atoms with Gasteiger partial charge in [0.05, 0.1) is 11.6 Å². The summed E-state index contributed by atoms with van der Waals surface area (Å²) >= 11 is 3.43. The third-order valence-corrected chi connectivity index (χ3v) is 5.91. The van der Waals surface area contributed by atoms with Gasteiger partial charge in [-0.3, -0.25) is 4.90 Å². The summed E-state index contributed by atoms with van der Waals surface area (Å²) in [4.78, 5) is 2.48. The fourth-order valence-electron chi connectivity index (χ4n) is 4.17. The molecule has 0 spiro atoms. The van der Waals surface area contributed by atoms with Crippen molar-refractivity contribution in [3.8, 4) is 11.8 Å². The maximum Gasteiger partial charge on any atom is 0.140 e. The van der Waals surface area contributed by atoms with Crippen LogP contribution in [-0.2, 0) is 6.42 Å². The number of hydrogen-bond acceptors (Lipinski definition) is 4. The monoisotopic (exact) mass is 411 g/mol. The number of rotatable bonds is 3. The predicted molar refractivity (Wildman–Crippen MR) is 105 cm³/mol. The molecule has 0 unspecified atom stereocenters. The Bertz CT molecular complexity index is 847. The van der Waals surface area contributed by atoms with E-state index in [0.29, 0.717) is 11.3 Å². The van der Waals surface area contributed by atoms with E-state index < -0.39 is 0 Å². The minimum absolute atomic E-state index is 0.0789. The van der Waals surface area contributed by atoms with Crippen molar-refractivity contribution in [3.05, 3.63) is 63.6 Å². The summed E-state index contributed by atoms with van der Waals surface area (Å²) in [6.45, 7) is 1.96. The van der Waals surface area contributed by atoms with E-state index in [4.69, 9.17) is 10.5 Å². The van der Waals surface area contributed by atoms with E-state index in [1.807, 2.05) is 18.2 Å². The highest BCUT2D eigenvalue weighted by molar-refractivity contribution is 9.10. The van der Waals surface area contributed by atoms with E-state index in [-0.39, 0.29) is 18.2 Å². The van der Waals surface area contributed by atoms with E-state index in [2.05, 4.69) is 51.2 Å². The van der Waals surface area contributed by atoms with Crippen LogP contribution in [0.15, 0.2) is 46.9 Å². The van der Waals surface area contributed by atoms with E-state index in [0.717, 1.165) is 36.8 Å². The second-order valence-electron chi connectivity index (χ2n) is 7.16. The summed E-state index contributed by atoms with van der Waals surface area (Å²) < 4.78 is 7.34. The first-order valence-corrected chi connectivity index (χ1v) is 9.89. The lowest BCUT2D eigenvalue weighted by Gasteiger charge is -2.38. The molecular weight excluding hydrogens is 390 g/mol. The number of fused-ring (bicyclic) bond motifs is 1. The molecule has 1 aliphatic heterocycles. The summed E-state index contributed by atoms with van der Waals surface area (Å²) in [6.07, 6.45) is 3.10. The number of ether oxygens (including phenoxy) is 1. The zero-order valence-corrected chi connectivity index (χ0v) is 16.2. The summed E-state index contributed by atoms with van der Waals surface area (Å²) in [5.41, 5.74) is 9.34. The van der Waals surface area contributed by atoms with Gasteiger partial charge in [-0.1, -0.05) is 40.2 Å². The molecule has 1 saturated heterocycles. The lowest BCUT2D eigenvalue weighted by Crippen LogP contribution is -2.49. The van der Waals surface area contributed by atoms with Crippen LogP contribution in [0.3, 0.4) is 0 Å². The molecule has 0 radical (unpaired) electrons. The van der Waals surface area contributed by atoms with Crippen LogP contribution in [0, 0.1) is 11.3 Å². The SMILES string of the molecule is N#Cc1cc(Br)ccc1O[C@@H]1c2ccccc2C[C@H]1N1CCC[C@H](N)C1. The van der Waals surface area contributed by atoms with Crippen LogP contribution in [0.25, 0.3) is 0 Å². The molecular formula is C21H22BrN3O. The molecule has 3 atom stereocenters. The Morgan fingerprint density at radius 1 is 1.23 bits per heavy atom. The van der Waals surface area contributed by atoms with E-state index in [9.17, 15) is 5.26 Å². The molecule has 2 N–H and O–H groups in total. The normalized spacial score (nSPS) is 25.5. The van der Waals surface area contributed by atoms with Gasteiger partial charge >= 0.3 is 0 Å². The lowest BCUT2D eigenvalue weighted by molar-refractivity contribution is 0.0591. The molecule has 134 valence electrons. The molecule has 1 fully saturated rings. The maximum absolute atomic E-state index is 9.48. The van der Waals surface area contributed by atoms with Gasteiger partial charge in [0, 0.05) is 17.1 Å². The molecule has 26 heavy (non-hydrogen) atoms. The average Bonchev–Trinajstić information content (AvgIpc) is 3.02. The largest absolute Gasteiger partial charge is 0.483 e. The number of likely N-dealkylation sites (tertiary alicyclic amines) is 1. The fourth-order valence-corrected chi connectivity index (χ4v) is 4.53. The van der Waals surface area contributed by atoms with Crippen molar-refractivity contribution in [2.45, 2.75) is 37.5 Å². The highest BCUT2D eigenvalue weighted by Crippen LogP contribution is 2.39. The Balaban J connectivity index is 1.67. The Hall–Kier alpha value is -1.87. The van der Waals surface area contributed by atoms with Crippen molar-refractivity contribution in [3.63, 3.8) is 0 Å². The van der Waals surface area contributed by atoms with Crippen molar-refractivity contribution in [1.29, 1.82) is 5.26 Å². The number of nitriles is 1. The first-order valence-electron chi connectivity index (χ1n) is 9.09. The maximum atomic E-state index is 9.48. The third kappa shape index (κ3) is 3.37. The van der Waals surface area contributed by atoms with Gasteiger partial charge in [0.15, 0.2) is 0 Å². The van der Waals surface area contributed by atoms with Crippen molar-refractivity contribution in [2.75, 3.05) is 13.1 Å². The minimum atomic E-state index is -0.0789. The van der Waals surface area contributed by atoms with Crippen LogP contribution in [0.2, 0.25) is 0 Å². The summed E-state index contributed by atoms with van der Waals surface area (Å²) in [5, 5.41) is 9.48. The Kier molecular flexibility index (Phi) is 4.99. The molecule has 0 saturated carbocycles. The quantitative estimate of drug-likeness (QED) is 0.834. The molecule has 1 aliphatic carbocycles. The molecule has 2 aromatic carbocycles. The molecule has 0 amide bonds. The molecule has 4 nitrogen and oxygen atoms in total. The summed E-state index contributed by atoms with van der Waals surface area (Å²) in [7, 11) is 0. The van der Waals surface area contributed by atoms with Gasteiger partial charge in [-0.2, -0.15) is 5.26 Å². The molecule has 0 bridgehead atoms. The van der Waals surface area contributed by atoms with Crippen molar-refractivity contribution < 1.29 is 4.74 Å². The smallest absolute Gasteiger partial charge is 0.140 e. The molecule has 2 aromatic rings. The Morgan fingerprint density at radius 2 is 2.08 bits per heavy atom. The summed E-state index contributed by atoms with van der Waals surface area (Å²) in [5.74, 6) is 0.642. The van der Waals surface area contributed by atoms with Gasteiger partial charge in [-0.25, -0.2) is 0 Å². The summed E-state index contributed by atoms with van der Waals surface area (Å²) in [6, 6.07) is 16.8. The van der Waals surface area contributed by atoms with Gasteiger partial charge in [0.1, 0.15) is 17.9 Å². The average molecular weight is 412 g/mol. The lowest BCUT2D eigenvalue weighted by atomic mass is 10.0. The predicted octanol–water partition coefficient (Wildman–Crippen LogP) is 3.79. The number of hydrogen-bond donors (Lipinski definition) is 1. The van der Waals surface area contributed by atoms with Crippen LogP contribution in [0.1, 0.15) is 35.6 Å². The number of piperidine rings is 1. The molecule has 5 heteroatoms. The van der Waals surface area contributed by atoms with Gasteiger partial charge in [0.25, 0.3) is 0 Å². The van der Waals surface area contributed by atoms with Crippen molar-refractivity contribution >= 4 is 15.9 Å². The highest BCUT2D eigenvalue weighted by atomic mass is 79.9. The first kappa shape index (κ1) is 17.5. The second kappa shape index (κ2) is 7.40. The van der Waals surface area contributed by atoms with E-state index >= 15 is 0 Å². The zero-order valence-electron chi connectivity index (χ0n) is 14.6. The molecule has 0 aromatic heterocycles. The number of nitrogens with two attached hydrogens (primary N) is 1.